The average molecular weight is 370 g/mol. The monoisotopic (exact) mass is 369 g/mol. The molecule has 1 aliphatic carbocycles. The summed E-state index contributed by atoms with van der Waals surface area (Å²) < 4.78 is 0. The first-order valence-corrected chi connectivity index (χ1v) is 10.3. The predicted octanol–water partition coefficient (Wildman–Crippen LogP) is 5.02. The summed E-state index contributed by atoms with van der Waals surface area (Å²) in [6, 6.07) is 8.11. The molecule has 0 radical (unpaired) electrons. The van der Waals surface area contributed by atoms with Crippen molar-refractivity contribution in [1.29, 1.82) is 0 Å². The van der Waals surface area contributed by atoms with Crippen LogP contribution >= 0.6 is 22.9 Å². The topological polar surface area (TPSA) is 28.0 Å². The van der Waals surface area contributed by atoms with E-state index < -0.39 is 0 Å². The van der Waals surface area contributed by atoms with Gasteiger partial charge in [-0.2, -0.15) is 0 Å². The maximum atomic E-state index is 6.03. The highest BCUT2D eigenvalue weighted by Gasteiger charge is 2.33. The van der Waals surface area contributed by atoms with Crippen LogP contribution in [0.5, 0.6) is 0 Å². The first kappa shape index (κ1) is 15.6. The van der Waals surface area contributed by atoms with Crippen LogP contribution in [-0.4, -0.2) is 29.7 Å². The highest BCUT2D eigenvalue weighted by atomic mass is 35.5. The van der Waals surface area contributed by atoms with E-state index in [4.69, 9.17) is 21.6 Å². The lowest BCUT2D eigenvalue weighted by atomic mass is 9.93. The maximum absolute atomic E-state index is 6.03. The lowest BCUT2D eigenvalue weighted by Gasteiger charge is -2.34. The minimum absolute atomic E-state index is 0.780. The fourth-order valence-electron chi connectivity index (χ4n) is 4.03. The van der Waals surface area contributed by atoms with Crippen LogP contribution in [0.2, 0.25) is 5.02 Å². The summed E-state index contributed by atoms with van der Waals surface area (Å²) in [7, 11) is 0. The van der Waals surface area contributed by atoms with Gasteiger partial charge in [-0.15, -0.1) is 11.3 Å². The second-order valence-electron chi connectivity index (χ2n) is 6.93. The number of thiophene rings is 1. The highest BCUT2D eigenvalue weighted by molar-refractivity contribution is 7.16. The lowest BCUT2D eigenvalue weighted by Crippen LogP contribution is -2.44. The summed E-state index contributed by atoms with van der Waals surface area (Å²) in [5.41, 5.74) is 4.13. The molecule has 0 spiro atoms. The van der Waals surface area contributed by atoms with Gasteiger partial charge >= 0.3 is 0 Å². The van der Waals surface area contributed by atoms with Gasteiger partial charge in [-0.25, -0.2) is 4.99 Å². The van der Waals surface area contributed by atoms with Crippen LogP contribution in [0, 0.1) is 0 Å². The maximum Gasteiger partial charge on any atom is 0.139 e. The molecular weight excluding hydrogens is 350 g/mol. The third kappa shape index (κ3) is 2.72. The molecule has 25 heavy (non-hydrogen) atoms. The van der Waals surface area contributed by atoms with Gasteiger partial charge in [0.25, 0.3) is 0 Å². The van der Waals surface area contributed by atoms with Gasteiger partial charge in [0.2, 0.25) is 0 Å². The quantitative estimate of drug-likeness (QED) is 0.730. The first-order valence-electron chi connectivity index (χ1n) is 9.08. The summed E-state index contributed by atoms with van der Waals surface area (Å²) in [6.07, 6.45) is 6.94. The van der Waals surface area contributed by atoms with Crippen LogP contribution in [0.3, 0.4) is 0 Å². The summed E-state index contributed by atoms with van der Waals surface area (Å²) in [4.78, 5) is 13.9. The fraction of sp³-hybridized carbons (Fsp3) is 0.400. The predicted molar refractivity (Wildman–Crippen MR) is 106 cm³/mol. The number of rotatable bonds is 2. The molecule has 5 rings (SSSR count). The Bertz CT molecular complexity index is 879. The molecule has 3 heterocycles. The minimum Gasteiger partial charge on any atom is -0.314 e. The zero-order chi connectivity index (χ0) is 16.8. The molecular formula is C20H20ClN3S. The summed E-state index contributed by atoms with van der Waals surface area (Å²) in [5.74, 6) is 2.31. The number of aryl methyl sites for hydroxylation is 1. The molecule has 0 saturated carbocycles. The first-order chi connectivity index (χ1) is 12.3. The van der Waals surface area contributed by atoms with Crippen molar-refractivity contribution in [2.24, 2.45) is 9.98 Å². The summed E-state index contributed by atoms with van der Waals surface area (Å²) in [5, 5.41) is 1.97. The van der Waals surface area contributed by atoms with Crippen molar-refractivity contribution in [1.82, 2.24) is 4.90 Å². The van der Waals surface area contributed by atoms with E-state index >= 15 is 0 Å². The molecule has 2 aromatic rings. The second kappa shape index (κ2) is 6.26. The van der Waals surface area contributed by atoms with Gasteiger partial charge in [0, 0.05) is 29.4 Å². The van der Waals surface area contributed by atoms with Crippen molar-refractivity contribution < 1.29 is 0 Å². The second-order valence-corrected chi connectivity index (χ2v) is 8.45. The van der Waals surface area contributed by atoms with Crippen molar-refractivity contribution in [2.45, 2.75) is 38.5 Å². The molecule has 5 heteroatoms. The molecule has 0 N–H and O–H groups in total. The van der Waals surface area contributed by atoms with Crippen molar-refractivity contribution in [3.63, 3.8) is 0 Å². The lowest BCUT2D eigenvalue weighted by molar-refractivity contribution is 0.538. The molecule has 0 saturated heterocycles. The third-order valence-electron chi connectivity index (χ3n) is 5.25. The average Bonchev–Trinajstić information content (AvgIpc) is 3.02. The van der Waals surface area contributed by atoms with Crippen LogP contribution < -0.4 is 0 Å². The number of hydrogen-bond acceptors (Lipinski definition) is 4. The van der Waals surface area contributed by atoms with E-state index in [2.05, 4.69) is 17.0 Å². The van der Waals surface area contributed by atoms with Gasteiger partial charge in [-0.3, -0.25) is 4.99 Å². The van der Waals surface area contributed by atoms with Gasteiger partial charge in [-0.05, 0) is 55.4 Å². The third-order valence-corrected chi connectivity index (χ3v) is 6.69. The van der Waals surface area contributed by atoms with E-state index in [0.717, 1.165) is 36.8 Å². The number of aliphatic imine (C=N–C) groups is 2. The van der Waals surface area contributed by atoms with Crippen LogP contribution in [0.4, 0.5) is 5.00 Å². The van der Waals surface area contributed by atoms with Crippen LogP contribution in [0.15, 0.2) is 34.3 Å². The molecule has 0 atom stereocenters. The van der Waals surface area contributed by atoms with E-state index in [-0.39, 0.29) is 0 Å². The van der Waals surface area contributed by atoms with Gasteiger partial charge in [0.05, 0.1) is 5.56 Å². The van der Waals surface area contributed by atoms with Gasteiger partial charge in [-0.1, -0.05) is 23.7 Å². The molecule has 1 aromatic heterocycles. The van der Waals surface area contributed by atoms with Gasteiger partial charge in [0.1, 0.15) is 16.7 Å². The Morgan fingerprint density at radius 3 is 2.80 bits per heavy atom. The number of benzene rings is 1. The van der Waals surface area contributed by atoms with Crippen molar-refractivity contribution in [3.05, 3.63) is 50.9 Å². The largest absolute Gasteiger partial charge is 0.314 e. The summed E-state index contributed by atoms with van der Waals surface area (Å²) >= 11 is 7.93. The molecule has 0 bridgehead atoms. The zero-order valence-corrected chi connectivity index (χ0v) is 15.7. The van der Waals surface area contributed by atoms with Crippen molar-refractivity contribution >= 4 is 39.6 Å². The molecule has 1 aromatic carbocycles. The Morgan fingerprint density at radius 2 is 1.92 bits per heavy atom. The normalized spacial score (nSPS) is 18.8. The van der Waals surface area contributed by atoms with Crippen LogP contribution in [0.1, 0.15) is 40.8 Å². The molecule has 3 aliphatic rings. The standard InChI is InChI=1S/C20H20ClN3S/c21-14-8-6-13(7-9-14)12-17-23-20-18(19-22-10-3-11-24(17)19)15-4-1-2-5-16(15)25-20/h6-9H,1-5,10-12H2. The van der Waals surface area contributed by atoms with Crippen LogP contribution in [-0.2, 0) is 19.3 Å². The molecule has 0 amide bonds. The number of hydrogen-bond donors (Lipinski definition) is 0. The Hall–Kier alpha value is -1.65. The number of halogens is 1. The zero-order valence-electron chi connectivity index (χ0n) is 14.1. The van der Waals surface area contributed by atoms with Gasteiger partial charge in [0.15, 0.2) is 0 Å². The number of nitrogens with zero attached hydrogens (tertiary/aromatic N) is 3. The minimum atomic E-state index is 0.780. The van der Waals surface area contributed by atoms with E-state index in [1.54, 1.807) is 4.88 Å². The number of amidine groups is 2. The van der Waals surface area contributed by atoms with E-state index in [9.17, 15) is 0 Å². The summed E-state index contributed by atoms with van der Waals surface area (Å²) in [6.45, 7) is 1.96. The fourth-order valence-corrected chi connectivity index (χ4v) is 5.43. The smallest absolute Gasteiger partial charge is 0.139 e. The Kier molecular flexibility index (Phi) is 3.90. The molecule has 0 unspecified atom stereocenters. The van der Waals surface area contributed by atoms with Crippen molar-refractivity contribution in [3.8, 4) is 0 Å². The van der Waals surface area contributed by atoms with Gasteiger partial charge < -0.3 is 4.90 Å². The number of fused-ring (bicyclic) bond motifs is 5. The molecule has 3 nitrogen and oxygen atoms in total. The van der Waals surface area contributed by atoms with E-state index in [1.807, 2.05) is 23.5 Å². The Balaban J connectivity index is 1.59. The SMILES string of the molecule is Clc1ccc(CC2=Nc3sc4c(c3C3=NCCCN23)CCCC4)cc1. The van der Waals surface area contributed by atoms with E-state index in [1.165, 1.54) is 53.2 Å². The highest BCUT2D eigenvalue weighted by Crippen LogP contribution is 2.43. The van der Waals surface area contributed by atoms with Crippen molar-refractivity contribution in [2.75, 3.05) is 13.1 Å². The van der Waals surface area contributed by atoms with Crippen LogP contribution in [0.25, 0.3) is 0 Å². The molecule has 0 fully saturated rings. The Labute approximate surface area is 157 Å². The van der Waals surface area contributed by atoms with E-state index in [0.29, 0.717) is 0 Å². The molecule has 128 valence electrons. The Morgan fingerprint density at radius 1 is 1.08 bits per heavy atom. The molecule has 2 aliphatic heterocycles.